The van der Waals surface area contributed by atoms with Gasteiger partial charge in [-0.1, -0.05) is 0 Å². The highest BCUT2D eigenvalue weighted by Crippen LogP contribution is 2.13. The van der Waals surface area contributed by atoms with Crippen LogP contribution in [0.4, 0.5) is 0 Å². The molecular formula is C14H24N4O2. The summed E-state index contributed by atoms with van der Waals surface area (Å²) in [5.41, 5.74) is 1.13. The van der Waals surface area contributed by atoms with Gasteiger partial charge in [0.25, 0.3) is 0 Å². The van der Waals surface area contributed by atoms with Crippen molar-refractivity contribution in [2.75, 3.05) is 26.2 Å². The van der Waals surface area contributed by atoms with Gasteiger partial charge in [-0.15, -0.1) is 0 Å². The monoisotopic (exact) mass is 280 g/mol. The smallest absolute Gasteiger partial charge is 0.324 e. The van der Waals surface area contributed by atoms with Crippen LogP contribution in [-0.4, -0.2) is 52.9 Å². The first-order valence-corrected chi connectivity index (χ1v) is 7.26. The van der Waals surface area contributed by atoms with Crippen LogP contribution in [0.15, 0.2) is 12.4 Å². The van der Waals surface area contributed by atoms with Gasteiger partial charge in [0.05, 0.1) is 12.8 Å². The van der Waals surface area contributed by atoms with E-state index in [1.165, 1.54) is 0 Å². The number of hydrogen-bond donors (Lipinski definition) is 1. The van der Waals surface area contributed by atoms with Crippen LogP contribution in [0, 0.1) is 0 Å². The summed E-state index contributed by atoms with van der Waals surface area (Å²) in [6.45, 7) is 9.59. The van der Waals surface area contributed by atoms with Gasteiger partial charge >= 0.3 is 5.97 Å². The highest BCUT2D eigenvalue weighted by molar-refractivity contribution is 5.76. The van der Waals surface area contributed by atoms with Gasteiger partial charge in [0.2, 0.25) is 0 Å². The lowest BCUT2D eigenvalue weighted by atomic mass is 10.1. The minimum absolute atomic E-state index is 0.143. The predicted octanol–water partition coefficient (Wildman–Crippen LogP) is 0.801. The molecule has 1 aromatic rings. The van der Waals surface area contributed by atoms with Gasteiger partial charge in [0, 0.05) is 44.0 Å². The number of nitrogens with zero attached hydrogens (tertiary/aromatic N) is 3. The molecule has 0 aliphatic carbocycles. The Morgan fingerprint density at radius 1 is 1.60 bits per heavy atom. The first kappa shape index (κ1) is 15.0. The van der Waals surface area contributed by atoms with Crippen molar-refractivity contribution >= 4 is 5.97 Å². The Hall–Kier alpha value is -1.40. The summed E-state index contributed by atoms with van der Waals surface area (Å²) in [4.78, 5) is 14.2. The molecule has 0 spiro atoms. The standard InChI is InChI=1S/C14H24N4O2/c1-4-20-14(19)13-8-15-5-6-17(13)9-12-7-16-18(10-12)11(2)3/h7,10-11,13,15H,4-6,8-9H2,1-3H3. The van der Waals surface area contributed by atoms with Crippen molar-refractivity contribution in [2.45, 2.75) is 39.4 Å². The Morgan fingerprint density at radius 3 is 3.05 bits per heavy atom. The van der Waals surface area contributed by atoms with E-state index in [0.717, 1.165) is 25.2 Å². The minimum atomic E-state index is -0.203. The molecular weight excluding hydrogens is 256 g/mol. The molecule has 1 N–H and O–H groups in total. The highest BCUT2D eigenvalue weighted by Gasteiger charge is 2.29. The van der Waals surface area contributed by atoms with Crippen molar-refractivity contribution < 1.29 is 9.53 Å². The van der Waals surface area contributed by atoms with Gasteiger partial charge in [0.15, 0.2) is 0 Å². The molecule has 0 radical (unpaired) electrons. The molecule has 112 valence electrons. The molecule has 6 nitrogen and oxygen atoms in total. The van der Waals surface area contributed by atoms with Crippen molar-refractivity contribution in [3.05, 3.63) is 18.0 Å². The van der Waals surface area contributed by atoms with Crippen molar-refractivity contribution in [1.29, 1.82) is 0 Å². The molecule has 1 fully saturated rings. The van der Waals surface area contributed by atoms with Crippen molar-refractivity contribution in [1.82, 2.24) is 20.0 Å². The number of piperazine rings is 1. The lowest BCUT2D eigenvalue weighted by molar-refractivity contribution is -0.150. The Balaban J connectivity index is 2.02. The summed E-state index contributed by atoms with van der Waals surface area (Å²) in [7, 11) is 0. The summed E-state index contributed by atoms with van der Waals surface area (Å²) >= 11 is 0. The molecule has 2 heterocycles. The first-order chi connectivity index (χ1) is 9.61. The maximum atomic E-state index is 12.0. The molecule has 1 aromatic heterocycles. The molecule has 0 amide bonds. The van der Waals surface area contributed by atoms with E-state index in [4.69, 9.17) is 4.74 Å². The van der Waals surface area contributed by atoms with Crippen molar-refractivity contribution in [3.8, 4) is 0 Å². The van der Waals surface area contributed by atoms with Gasteiger partial charge in [0.1, 0.15) is 6.04 Å². The van der Waals surface area contributed by atoms with Crippen LogP contribution in [0.3, 0.4) is 0 Å². The van der Waals surface area contributed by atoms with Crippen LogP contribution in [-0.2, 0) is 16.1 Å². The molecule has 6 heteroatoms. The van der Waals surface area contributed by atoms with Crippen molar-refractivity contribution in [2.24, 2.45) is 0 Å². The third-order valence-corrected chi connectivity index (χ3v) is 3.48. The van der Waals surface area contributed by atoms with Crippen LogP contribution in [0.25, 0.3) is 0 Å². The van der Waals surface area contributed by atoms with Crippen LogP contribution < -0.4 is 5.32 Å². The third-order valence-electron chi connectivity index (χ3n) is 3.48. The first-order valence-electron chi connectivity index (χ1n) is 7.26. The van der Waals surface area contributed by atoms with Gasteiger partial charge in [-0.2, -0.15) is 5.10 Å². The van der Waals surface area contributed by atoms with Crippen LogP contribution in [0.2, 0.25) is 0 Å². The number of aromatic nitrogens is 2. The number of carbonyl (C=O) groups is 1. The summed E-state index contributed by atoms with van der Waals surface area (Å²) in [5, 5.41) is 7.60. The maximum absolute atomic E-state index is 12.0. The van der Waals surface area contributed by atoms with Crippen LogP contribution in [0.5, 0.6) is 0 Å². The number of esters is 1. The zero-order chi connectivity index (χ0) is 14.5. The Kier molecular flexibility index (Phi) is 5.14. The zero-order valence-electron chi connectivity index (χ0n) is 12.5. The second-order valence-electron chi connectivity index (χ2n) is 5.36. The summed E-state index contributed by atoms with van der Waals surface area (Å²) in [5.74, 6) is -0.143. The van der Waals surface area contributed by atoms with Gasteiger partial charge < -0.3 is 10.1 Å². The molecule has 0 bridgehead atoms. The van der Waals surface area contributed by atoms with Crippen LogP contribution in [0.1, 0.15) is 32.4 Å². The largest absolute Gasteiger partial charge is 0.465 e. The third kappa shape index (κ3) is 3.58. The average molecular weight is 280 g/mol. The van der Waals surface area contributed by atoms with Gasteiger partial charge in [-0.25, -0.2) is 0 Å². The maximum Gasteiger partial charge on any atom is 0.324 e. The van der Waals surface area contributed by atoms with E-state index in [0.29, 0.717) is 19.2 Å². The molecule has 0 saturated carbocycles. The molecule has 1 aliphatic rings. The average Bonchev–Trinajstić information content (AvgIpc) is 2.88. The molecule has 2 rings (SSSR count). The number of rotatable bonds is 5. The molecule has 0 aromatic carbocycles. The topological polar surface area (TPSA) is 59.4 Å². The van der Waals surface area contributed by atoms with E-state index < -0.39 is 0 Å². The minimum Gasteiger partial charge on any atom is -0.465 e. The van der Waals surface area contributed by atoms with E-state index in [1.54, 1.807) is 0 Å². The molecule has 1 aliphatic heterocycles. The lowest BCUT2D eigenvalue weighted by Crippen LogP contribution is -2.54. The SMILES string of the molecule is CCOC(=O)C1CNCCN1Cc1cnn(C(C)C)c1. The van der Waals surface area contributed by atoms with E-state index >= 15 is 0 Å². The molecule has 1 atom stereocenters. The van der Waals surface area contributed by atoms with E-state index in [-0.39, 0.29) is 12.0 Å². The normalized spacial score (nSPS) is 20.3. The molecule has 20 heavy (non-hydrogen) atoms. The molecule has 1 unspecified atom stereocenters. The second kappa shape index (κ2) is 6.85. The Morgan fingerprint density at radius 2 is 2.40 bits per heavy atom. The number of ether oxygens (including phenoxy) is 1. The van der Waals surface area contributed by atoms with Crippen molar-refractivity contribution in [3.63, 3.8) is 0 Å². The van der Waals surface area contributed by atoms with E-state index in [9.17, 15) is 4.79 Å². The second-order valence-corrected chi connectivity index (χ2v) is 5.36. The summed E-state index contributed by atoms with van der Waals surface area (Å²) in [6.07, 6.45) is 3.93. The van der Waals surface area contributed by atoms with E-state index in [1.807, 2.05) is 17.8 Å². The highest BCUT2D eigenvalue weighted by atomic mass is 16.5. The Labute approximate surface area is 120 Å². The zero-order valence-corrected chi connectivity index (χ0v) is 12.5. The lowest BCUT2D eigenvalue weighted by Gasteiger charge is -2.34. The number of hydrogen-bond acceptors (Lipinski definition) is 5. The van der Waals surface area contributed by atoms with Crippen LogP contribution >= 0.6 is 0 Å². The van der Waals surface area contributed by atoms with Gasteiger partial charge in [-0.05, 0) is 20.8 Å². The molecule has 1 saturated heterocycles. The fraction of sp³-hybridized carbons (Fsp3) is 0.714. The number of carbonyl (C=O) groups excluding carboxylic acids is 1. The quantitative estimate of drug-likeness (QED) is 0.809. The summed E-state index contributed by atoms with van der Waals surface area (Å²) in [6, 6.07) is 0.152. The Bertz CT molecular complexity index is 444. The number of nitrogens with one attached hydrogen (secondary N) is 1. The fourth-order valence-corrected chi connectivity index (χ4v) is 2.38. The predicted molar refractivity (Wildman–Crippen MR) is 76.3 cm³/mol. The fourth-order valence-electron chi connectivity index (χ4n) is 2.38. The summed E-state index contributed by atoms with van der Waals surface area (Å²) < 4.78 is 7.09. The van der Waals surface area contributed by atoms with Gasteiger partial charge in [-0.3, -0.25) is 14.4 Å². The van der Waals surface area contributed by atoms with E-state index in [2.05, 4.69) is 35.4 Å².